The highest BCUT2D eigenvalue weighted by atomic mass is 16.5. The molecule has 0 N–H and O–H groups in total. The summed E-state index contributed by atoms with van der Waals surface area (Å²) in [6.45, 7) is 0. The van der Waals surface area contributed by atoms with Crippen LogP contribution in [-0.2, 0) is 0 Å². The van der Waals surface area contributed by atoms with E-state index >= 15 is 0 Å². The first-order valence-corrected chi connectivity index (χ1v) is 7.25. The fourth-order valence-electron chi connectivity index (χ4n) is 2.26. The number of pyridine rings is 2. The number of carbonyl (C=O) groups is 1. The standard InChI is InChI=1S/C17H15N3O2/c18-11-14(15-6-1-2-8-19-15)17(21)12-7-9-20-16(10-12)22-13-4-3-5-13/h1-2,6-10,13-14H,3-5H2. The zero-order valence-electron chi connectivity index (χ0n) is 12.0. The van der Waals surface area contributed by atoms with Crippen LogP contribution < -0.4 is 4.74 Å². The molecule has 0 spiro atoms. The lowest BCUT2D eigenvalue weighted by Crippen LogP contribution is -2.25. The Labute approximate surface area is 128 Å². The SMILES string of the molecule is N#CC(C(=O)c1ccnc(OC2CCC2)c1)c1ccccn1. The van der Waals surface area contributed by atoms with Crippen LogP contribution >= 0.6 is 0 Å². The number of nitriles is 1. The average molecular weight is 293 g/mol. The van der Waals surface area contributed by atoms with E-state index in [1.807, 2.05) is 6.07 Å². The fraction of sp³-hybridized carbons (Fsp3) is 0.294. The number of rotatable bonds is 5. The quantitative estimate of drug-likeness (QED) is 0.792. The number of ketones is 1. The number of ether oxygens (including phenoxy) is 1. The molecule has 5 nitrogen and oxygen atoms in total. The summed E-state index contributed by atoms with van der Waals surface area (Å²) in [5, 5.41) is 9.32. The Morgan fingerprint density at radius 3 is 2.77 bits per heavy atom. The highest BCUT2D eigenvalue weighted by Crippen LogP contribution is 2.25. The van der Waals surface area contributed by atoms with Gasteiger partial charge in [-0.1, -0.05) is 6.07 Å². The van der Waals surface area contributed by atoms with E-state index in [0.717, 1.165) is 12.8 Å². The molecule has 2 aromatic rings. The minimum Gasteiger partial charge on any atom is -0.474 e. The third kappa shape index (κ3) is 2.96. The molecule has 5 heteroatoms. The van der Waals surface area contributed by atoms with Gasteiger partial charge in [0.05, 0.1) is 11.8 Å². The van der Waals surface area contributed by atoms with E-state index in [2.05, 4.69) is 9.97 Å². The highest BCUT2D eigenvalue weighted by Gasteiger charge is 2.24. The number of hydrogen-bond donors (Lipinski definition) is 0. The smallest absolute Gasteiger partial charge is 0.214 e. The summed E-state index contributed by atoms with van der Waals surface area (Å²) in [6.07, 6.45) is 6.52. The third-order valence-electron chi connectivity index (χ3n) is 3.73. The Hall–Kier alpha value is -2.74. The Balaban J connectivity index is 1.81. The monoisotopic (exact) mass is 293 g/mol. The summed E-state index contributed by atoms with van der Waals surface area (Å²) in [5.41, 5.74) is 0.870. The van der Waals surface area contributed by atoms with Crippen LogP contribution in [0.25, 0.3) is 0 Å². The van der Waals surface area contributed by atoms with Crippen molar-refractivity contribution in [3.8, 4) is 11.9 Å². The van der Waals surface area contributed by atoms with Crippen LogP contribution in [0.5, 0.6) is 5.88 Å². The fourth-order valence-corrected chi connectivity index (χ4v) is 2.26. The van der Waals surface area contributed by atoms with Gasteiger partial charge in [0.25, 0.3) is 0 Å². The van der Waals surface area contributed by atoms with Gasteiger partial charge in [-0.3, -0.25) is 9.78 Å². The molecule has 1 fully saturated rings. The van der Waals surface area contributed by atoms with E-state index in [1.165, 1.54) is 12.6 Å². The van der Waals surface area contributed by atoms with Gasteiger partial charge < -0.3 is 4.74 Å². The maximum absolute atomic E-state index is 12.6. The first-order valence-electron chi connectivity index (χ1n) is 7.25. The van der Waals surface area contributed by atoms with Gasteiger partial charge in [0.1, 0.15) is 6.10 Å². The van der Waals surface area contributed by atoms with Gasteiger partial charge in [0.15, 0.2) is 11.7 Å². The molecular formula is C17H15N3O2. The summed E-state index contributed by atoms with van der Waals surface area (Å²) in [6, 6.07) is 10.4. The molecule has 0 bridgehead atoms. The lowest BCUT2D eigenvalue weighted by Gasteiger charge is -2.25. The van der Waals surface area contributed by atoms with Crippen molar-refractivity contribution in [1.29, 1.82) is 5.26 Å². The minimum atomic E-state index is -0.917. The van der Waals surface area contributed by atoms with Gasteiger partial charge in [-0.15, -0.1) is 0 Å². The van der Waals surface area contributed by atoms with Gasteiger partial charge in [0.2, 0.25) is 5.88 Å². The molecule has 1 saturated carbocycles. The van der Waals surface area contributed by atoms with E-state index < -0.39 is 5.92 Å². The van der Waals surface area contributed by atoms with Crippen molar-refractivity contribution in [2.24, 2.45) is 0 Å². The van der Waals surface area contributed by atoms with Crippen molar-refractivity contribution >= 4 is 5.78 Å². The zero-order chi connectivity index (χ0) is 15.4. The van der Waals surface area contributed by atoms with Crippen LogP contribution in [0.3, 0.4) is 0 Å². The Morgan fingerprint density at radius 1 is 1.27 bits per heavy atom. The molecule has 110 valence electrons. The molecular weight excluding hydrogens is 278 g/mol. The number of Topliss-reactive ketones (excluding diaryl/α,β-unsaturated/α-hetero) is 1. The van der Waals surface area contributed by atoms with Gasteiger partial charge >= 0.3 is 0 Å². The molecule has 0 radical (unpaired) electrons. The minimum absolute atomic E-state index is 0.195. The Kier molecular flexibility index (Phi) is 4.10. The molecule has 0 aliphatic heterocycles. The zero-order valence-corrected chi connectivity index (χ0v) is 12.0. The van der Waals surface area contributed by atoms with Crippen molar-refractivity contribution in [2.45, 2.75) is 31.3 Å². The van der Waals surface area contributed by atoms with Gasteiger partial charge in [-0.05, 0) is 37.5 Å². The molecule has 1 aliphatic carbocycles. The van der Waals surface area contributed by atoms with E-state index in [1.54, 1.807) is 36.5 Å². The molecule has 2 aromatic heterocycles. The molecule has 0 saturated heterocycles. The van der Waals surface area contributed by atoms with E-state index in [0.29, 0.717) is 17.1 Å². The molecule has 22 heavy (non-hydrogen) atoms. The average Bonchev–Trinajstić information content (AvgIpc) is 2.53. The van der Waals surface area contributed by atoms with Crippen LogP contribution in [0.4, 0.5) is 0 Å². The second kappa shape index (κ2) is 6.35. The molecule has 1 atom stereocenters. The van der Waals surface area contributed by atoms with Crippen molar-refractivity contribution in [2.75, 3.05) is 0 Å². The maximum atomic E-state index is 12.6. The number of aromatic nitrogens is 2. The van der Waals surface area contributed by atoms with E-state index in [9.17, 15) is 10.1 Å². The second-order valence-electron chi connectivity index (χ2n) is 5.23. The van der Waals surface area contributed by atoms with Crippen molar-refractivity contribution in [3.05, 3.63) is 54.0 Å². The van der Waals surface area contributed by atoms with Crippen molar-refractivity contribution in [1.82, 2.24) is 9.97 Å². The largest absolute Gasteiger partial charge is 0.474 e. The molecule has 1 unspecified atom stereocenters. The van der Waals surface area contributed by atoms with Crippen molar-refractivity contribution < 1.29 is 9.53 Å². The summed E-state index contributed by atoms with van der Waals surface area (Å²) < 4.78 is 5.70. The van der Waals surface area contributed by atoms with Crippen LogP contribution in [0, 0.1) is 11.3 Å². The van der Waals surface area contributed by atoms with Crippen LogP contribution in [-0.4, -0.2) is 21.9 Å². The first kappa shape index (κ1) is 14.2. The lowest BCUT2D eigenvalue weighted by atomic mass is 9.95. The van der Waals surface area contributed by atoms with Gasteiger partial charge in [-0.2, -0.15) is 5.26 Å². The maximum Gasteiger partial charge on any atom is 0.214 e. The number of carbonyl (C=O) groups excluding carboxylic acids is 1. The highest BCUT2D eigenvalue weighted by molar-refractivity contribution is 6.02. The van der Waals surface area contributed by atoms with Gasteiger partial charge in [0, 0.05) is 24.0 Å². The molecule has 2 heterocycles. The Bertz CT molecular complexity index is 705. The molecule has 3 rings (SSSR count). The molecule has 0 aromatic carbocycles. The second-order valence-corrected chi connectivity index (χ2v) is 5.23. The summed E-state index contributed by atoms with van der Waals surface area (Å²) in [4.78, 5) is 20.8. The molecule has 1 aliphatic rings. The van der Waals surface area contributed by atoms with Crippen molar-refractivity contribution in [3.63, 3.8) is 0 Å². The predicted molar refractivity (Wildman–Crippen MR) is 79.4 cm³/mol. The summed E-state index contributed by atoms with van der Waals surface area (Å²) in [7, 11) is 0. The topological polar surface area (TPSA) is 75.9 Å². The lowest BCUT2D eigenvalue weighted by molar-refractivity contribution is 0.0972. The summed E-state index contributed by atoms with van der Waals surface area (Å²) >= 11 is 0. The first-order chi connectivity index (χ1) is 10.8. The summed E-state index contributed by atoms with van der Waals surface area (Å²) in [5.74, 6) is -0.768. The van der Waals surface area contributed by atoms with Gasteiger partial charge in [-0.25, -0.2) is 4.98 Å². The number of nitrogens with zero attached hydrogens (tertiary/aromatic N) is 3. The van der Waals surface area contributed by atoms with Crippen LogP contribution in [0.1, 0.15) is 41.2 Å². The molecule has 0 amide bonds. The van der Waals surface area contributed by atoms with Crippen LogP contribution in [0.15, 0.2) is 42.7 Å². The number of hydrogen-bond acceptors (Lipinski definition) is 5. The Morgan fingerprint density at radius 2 is 2.14 bits per heavy atom. The van der Waals surface area contributed by atoms with E-state index in [4.69, 9.17) is 4.74 Å². The van der Waals surface area contributed by atoms with E-state index in [-0.39, 0.29) is 11.9 Å². The third-order valence-corrected chi connectivity index (χ3v) is 3.73. The normalized spacial score (nSPS) is 15.4. The van der Waals surface area contributed by atoms with Crippen LogP contribution in [0.2, 0.25) is 0 Å². The predicted octanol–water partition coefficient (Wildman–Crippen LogP) is 2.90.